The maximum Gasteiger partial charge on any atom is 0.387 e. The number of methoxy groups -OCH3 is 1. The number of imidazole rings is 1. The maximum absolute atomic E-state index is 13.3. The number of carbonyl (C=O) groups is 1. The number of halogens is 2. The highest BCUT2D eigenvalue weighted by molar-refractivity contribution is 6.02. The number of hydrogen-bond donors (Lipinski definition) is 0. The van der Waals surface area contributed by atoms with Crippen LogP contribution in [0.15, 0.2) is 36.7 Å². The molecule has 0 radical (unpaired) electrons. The lowest BCUT2D eigenvalue weighted by molar-refractivity contribution is -0.0502. The van der Waals surface area contributed by atoms with Gasteiger partial charge in [0.05, 0.1) is 32.2 Å². The average molecular weight is 587 g/mol. The van der Waals surface area contributed by atoms with Gasteiger partial charge in [-0.2, -0.15) is 8.78 Å². The van der Waals surface area contributed by atoms with Gasteiger partial charge in [-0.1, -0.05) is 0 Å². The van der Waals surface area contributed by atoms with E-state index in [-0.39, 0.29) is 29.3 Å². The summed E-state index contributed by atoms with van der Waals surface area (Å²) >= 11 is 0. The van der Waals surface area contributed by atoms with Crippen molar-refractivity contribution < 1.29 is 32.5 Å². The lowest BCUT2D eigenvalue weighted by Crippen LogP contribution is -2.49. The van der Waals surface area contributed by atoms with E-state index in [4.69, 9.17) is 18.9 Å². The molecule has 0 atom stereocenters. The molecule has 2 aliphatic rings. The summed E-state index contributed by atoms with van der Waals surface area (Å²) in [4.78, 5) is 22.3. The summed E-state index contributed by atoms with van der Waals surface area (Å²) in [6, 6.07) is 7.32. The van der Waals surface area contributed by atoms with Gasteiger partial charge in [-0.05, 0) is 50.8 Å². The second-order valence-corrected chi connectivity index (χ2v) is 11.2. The van der Waals surface area contributed by atoms with Gasteiger partial charge in [0, 0.05) is 63.0 Å². The van der Waals surface area contributed by atoms with E-state index in [1.54, 1.807) is 24.5 Å². The summed E-state index contributed by atoms with van der Waals surface area (Å²) in [5.74, 6) is 0.677. The second kappa shape index (κ2) is 13.8. The second-order valence-electron chi connectivity index (χ2n) is 11.2. The lowest BCUT2D eigenvalue weighted by atomic mass is 10.00. The summed E-state index contributed by atoms with van der Waals surface area (Å²) in [7, 11) is 1.41. The molecule has 1 saturated heterocycles. The number of piperazine rings is 1. The first-order valence-electron chi connectivity index (χ1n) is 14.7. The first-order chi connectivity index (χ1) is 20.3. The molecule has 11 heteroatoms. The van der Waals surface area contributed by atoms with Gasteiger partial charge in [0.15, 0.2) is 5.78 Å². The molecule has 3 aromatic rings. The molecule has 0 unspecified atom stereocenters. The number of hydrogen-bond acceptors (Lipinski definition) is 8. The molecular formula is C31H40F2N4O5. The van der Waals surface area contributed by atoms with Crippen molar-refractivity contribution >= 4 is 11.4 Å². The van der Waals surface area contributed by atoms with E-state index in [1.807, 2.05) is 10.5 Å². The number of aromatic nitrogens is 2. The van der Waals surface area contributed by atoms with Gasteiger partial charge < -0.3 is 18.9 Å². The van der Waals surface area contributed by atoms with Gasteiger partial charge in [-0.15, -0.1) is 0 Å². The van der Waals surface area contributed by atoms with Crippen LogP contribution in [-0.4, -0.2) is 97.3 Å². The van der Waals surface area contributed by atoms with Crippen molar-refractivity contribution in [3.8, 4) is 28.5 Å². The van der Waals surface area contributed by atoms with E-state index < -0.39 is 6.61 Å². The molecule has 5 rings (SSSR count). The zero-order chi connectivity index (χ0) is 29.6. The number of ether oxygens (including phenoxy) is 4. The molecule has 0 amide bonds. The number of pyridine rings is 1. The normalized spacial score (nSPS) is 16.5. The van der Waals surface area contributed by atoms with Crippen LogP contribution in [0, 0.1) is 5.92 Å². The van der Waals surface area contributed by atoms with Gasteiger partial charge >= 0.3 is 6.61 Å². The van der Waals surface area contributed by atoms with Crippen LogP contribution in [0.4, 0.5) is 8.78 Å². The SMILES string of the molecule is COc1cc(-c2cnc3cc(OCCOCCN4CCN(C(C)C)CC4)ccn23)cc(OC(F)F)c1C(=O)CC1CC1. The highest BCUT2D eigenvalue weighted by Gasteiger charge is 2.30. The molecule has 1 aliphatic heterocycles. The van der Waals surface area contributed by atoms with Gasteiger partial charge in [-0.25, -0.2) is 4.98 Å². The molecule has 0 bridgehead atoms. The highest BCUT2D eigenvalue weighted by Crippen LogP contribution is 2.40. The Labute approximate surface area is 245 Å². The van der Waals surface area contributed by atoms with Crippen molar-refractivity contribution in [1.82, 2.24) is 19.2 Å². The number of nitrogens with zero attached hydrogens (tertiary/aromatic N) is 4. The van der Waals surface area contributed by atoms with Crippen LogP contribution in [0.3, 0.4) is 0 Å². The van der Waals surface area contributed by atoms with E-state index >= 15 is 0 Å². The van der Waals surface area contributed by atoms with Crippen molar-refractivity contribution in [2.75, 3.05) is 59.7 Å². The third-order valence-corrected chi connectivity index (χ3v) is 7.92. The molecule has 9 nitrogen and oxygen atoms in total. The molecule has 1 aromatic carbocycles. The Morgan fingerprint density at radius 1 is 1.05 bits per heavy atom. The number of rotatable bonds is 15. The molecule has 2 fully saturated rings. The Hall–Kier alpha value is -3.28. The summed E-state index contributed by atoms with van der Waals surface area (Å²) in [6.07, 6.45) is 5.66. The quantitative estimate of drug-likeness (QED) is 0.182. The van der Waals surface area contributed by atoms with Crippen molar-refractivity contribution in [2.24, 2.45) is 5.92 Å². The number of ketones is 1. The van der Waals surface area contributed by atoms with Crippen LogP contribution in [0.5, 0.6) is 17.2 Å². The Bertz CT molecular complexity index is 1350. The molecule has 1 saturated carbocycles. The summed E-state index contributed by atoms with van der Waals surface area (Å²) < 4.78 is 50.4. The van der Waals surface area contributed by atoms with E-state index in [0.717, 1.165) is 45.6 Å². The zero-order valence-electron chi connectivity index (χ0n) is 24.6. The van der Waals surface area contributed by atoms with Crippen molar-refractivity contribution in [1.29, 1.82) is 0 Å². The third-order valence-electron chi connectivity index (χ3n) is 7.92. The molecular weight excluding hydrogens is 546 g/mol. The van der Waals surface area contributed by atoms with Crippen LogP contribution < -0.4 is 14.2 Å². The van der Waals surface area contributed by atoms with Crippen molar-refractivity contribution in [3.05, 3.63) is 42.2 Å². The monoisotopic (exact) mass is 586 g/mol. The predicted octanol–water partition coefficient (Wildman–Crippen LogP) is 5.02. The van der Waals surface area contributed by atoms with E-state index in [9.17, 15) is 13.6 Å². The fraction of sp³-hybridized carbons (Fsp3) is 0.548. The Kier molecular flexibility index (Phi) is 9.91. The molecule has 228 valence electrons. The van der Waals surface area contributed by atoms with Crippen LogP contribution >= 0.6 is 0 Å². The minimum Gasteiger partial charge on any atom is -0.496 e. The van der Waals surface area contributed by atoms with Crippen molar-refractivity contribution in [3.63, 3.8) is 0 Å². The number of alkyl halides is 2. The van der Waals surface area contributed by atoms with Gasteiger partial charge in [0.25, 0.3) is 0 Å². The van der Waals surface area contributed by atoms with Gasteiger partial charge in [0.2, 0.25) is 0 Å². The number of benzene rings is 1. The Morgan fingerprint density at radius 2 is 1.81 bits per heavy atom. The third kappa shape index (κ3) is 7.56. The first kappa shape index (κ1) is 30.2. The number of carbonyl (C=O) groups excluding carboxylic acids is 1. The zero-order valence-corrected chi connectivity index (χ0v) is 24.6. The topological polar surface area (TPSA) is 77.8 Å². The molecule has 1 aliphatic carbocycles. The van der Waals surface area contributed by atoms with E-state index in [0.29, 0.717) is 54.4 Å². The molecule has 0 spiro atoms. The molecule has 0 N–H and O–H groups in total. The Balaban J connectivity index is 1.19. The largest absolute Gasteiger partial charge is 0.496 e. The fourth-order valence-corrected chi connectivity index (χ4v) is 5.33. The predicted molar refractivity (Wildman–Crippen MR) is 155 cm³/mol. The van der Waals surface area contributed by atoms with Gasteiger partial charge in [-0.3, -0.25) is 19.0 Å². The molecule has 3 heterocycles. The van der Waals surface area contributed by atoms with Crippen LogP contribution in [0.25, 0.3) is 16.9 Å². The van der Waals surface area contributed by atoms with Crippen LogP contribution in [0.2, 0.25) is 0 Å². The first-order valence-corrected chi connectivity index (χ1v) is 14.7. The Morgan fingerprint density at radius 3 is 2.50 bits per heavy atom. The van der Waals surface area contributed by atoms with Gasteiger partial charge in [0.1, 0.15) is 35.1 Å². The standard InChI is InChI=1S/C31H40F2N4O5/c1-21(2)36-10-8-35(9-11-36)12-13-40-14-15-41-24-6-7-37-25(20-34-29(37)19-24)23-17-27(39-3)30(26(38)16-22-4-5-22)28(18-23)42-31(32)33/h6-7,17-22,31H,4-5,8-16H2,1-3H3. The van der Waals surface area contributed by atoms with Crippen LogP contribution in [0.1, 0.15) is 43.5 Å². The summed E-state index contributed by atoms with van der Waals surface area (Å²) in [5.41, 5.74) is 1.83. The average Bonchev–Trinajstić information content (AvgIpc) is 3.69. The molecule has 42 heavy (non-hydrogen) atoms. The minimum absolute atomic E-state index is 0.0499. The van der Waals surface area contributed by atoms with Crippen LogP contribution in [-0.2, 0) is 4.74 Å². The summed E-state index contributed by atoms with van der Waals surface area (Å²) in [5, 5.41) is 0. The minimum atomic E-state index is -3.08. The summed E-state index contributed by atoms with van der Waals surface area (Å²) in [6.45, 7) is 8.21. The maximum atomic E-state index is 13.3. The number of fused-ring (bicyclic) bond motifs is 1. The number of Topliss-reactive ketones (excluding diaryl/α,β-unsaturated/α-hetero) is 1. The van der Waals surface area contributed by atoms with Crippen molar-refractivity contribution in [2.45, 2.75) is 45.8 Å². The fourth-order valence-electron chi connectivity index (χ4n) is 5.33. The van der Waals surface area contributed by atoms with E-state index in [1.165, 1.54) is 13.2 Å². The van der Waals surface area contributed by atoms with E-state index in [2.05, 4.69) is 28.6 Å². The molecule has 2 aromatic heterocycles. The smallest absolute Gasteiger partial charge is 0.387 e. The highest BCUT2D eigenvalue weighted by atomic mass is 19.3. The lowest BCUT2D eigenvalue weighted by Gasteiger charge is -2.36.